The first kappa shape index (κ1) is 16.4. The fourth-order valence-corrected chi connectivity index (χ4v) is 4.52. The summed E-state index contributed by atoms with van der Waals surface area (Å²) in [6.07, 6.45) is 3.84. The number of carboxylic acids is 2. The Bertz CT molecular complexity index is 674. The molecule has 22 heavy (non-hydrogen) atoms. The van der Waals surface area contributed by atoms with Crippen molar-refractivity contribution in [3.05, 3.63) is 56.9 Å². The highest BCUT2D eigenvalue weighted by atomic mass is 32.2. The molecule has 5 heteroatoms. The molecule has 1 heterocycles. The number of hydrogen-bond donors (Lipinski definition) is 3. The number of allylic oxidation sites excluding steroid dienone is 2. The third-order valence-electron chi connectivity index (χ3n) is 3.71. The Hall–Kier alpha value is -2.01. The number of carbonyl (C=O) groups is 2. The SMILES string of the molecule is Cc1cc(C(=O)O)c(C[SH]2C=CC=C2)c(C(=O)O)c1C(C)C. The molecule has 0 bridgehead atoms. The van der Waals surface area contributed by atoms with E-state index in [9.17, 15) is 19.8 Å². The minimum atomic E-state index is -1.07. The molecule has 0 spiro atoms. The largest absolute Gasteiger partial charge is 0.478 e. The molecule has 1 aromatic carbocycles. The first-order valence-electron chi connectivity index (χ1n) is 7.06. The molecule has 118 valence electrons. The normalized spacial score (nSPS) is 14.8. The molecule has 0 saturated heterocycles. The molecule has 1 aliphatic heterocycles. The summed E-state index contributed by atoms with van der Waals surface area (Å²) in [7, 11) is -0.632. The van der Waals surface area contributed by atoms with Gasteiger partial charge in [-0.1, -0.05) is 26.0 Å². The minimum absolute atomic E-state index is 0.0233. The van der Waals surface area contributed by atoms with E-state index in [1.807, 2.05) is 36.8 Å². The van der Waals surface area contributed by atoms with Gasteiger partial charge in [-0.3, -0.25) is 0 Å². The predicted molar refractivity (Wildman–Crippen MR) is 90.2 cm³/mol. The number of rotatable bonds is 5. The van der Waals surface area contributed by atoms with Crippen molar-refractivity contribution in [3.8, 4) is 0 Å². The Morgan fingerprint density at radius 1 is 1.14 bits per heavy atom. The standard InChI is InChI=1S/C17H20O4S/c1-10(2)14-11(3)8-12(16(18)19)13(15(14)17(20)21)9-22-6-4-5-7-22/h4-8,10,22H,9H2,1-3H3,(H,18,19)(H,20,21). The van der Waals surface area contributed by atoms with Crippen molar-refractivity contribution in [2.75, 3.05) is 0 Å². The van der Waals surface area contributed by atoms with Crippen LogP contribution in [-0.2, 0) is 5.75 Å². The summed E-state index contributed by atoms with van der Waals surface area (Å²) in [6.45, 7) is 5.64. The van der Waals surface area contributed by atoms with Gasteiger partial charge in [-0.25, -0.2) is 20.5 Å². The van der Waals surface area contributed by atoms with Gasteiger partial charge in [-0.05, 0) is 46.4 Å². The van der Waals surface area contributed by atoms with E-state index in [1.54, 1.807) is 13.0 Å². The van der Waals surface area contributed by atoms with Crippen LogP contribution in [0.15, 0.2) is 29.0 Å². The highest BCUT2D eigenvalue weighted by Gasteiger charge is 2.26. The highest BCUT2D eigenvalue weighted by molar-refractivity contribution is 8.21. The number of aromatic carboxylic acids is 2. The predicted octanol–water partition coefficient (Wildman–Crippen LogP) is 4.06. The second-order valence-electron chi connectivity index (χ2n) is 5.63. The Morgan fingerprint density at radius 2 is 1.73 bits per heavy atom. The van der Waals surface area contributed by atoms with Crippen LogP contribution in [0.5, 0.6) is 0 Å². The van der Waals surface area contributed by atoms with E-state index in [0.29, 0.717) is 11.3 Å². The third kappa shape index (κ3) is 3.09. The van der Waals surface area contributed by atoms with Gasteiger partial charge in [-0.15, -0.1) is 0 Å². The first-order chi connectivity index (χ1) is 10.3. The number of aryl methyl sites for hydroxylation is 1. The van der Waals surface area contributed by atoms with E-state index in [0.717, 1.165) is 11.1 Å². The van der Waals surface area contributed by atoms with Gasteiger partial charge in [0.05, 0.1) is 11.1 Å². The van der Waals surface area contributed by atoms with Crippen LogP contribution in [0.3, 0.4) is 0 Å². The van der Waals surface area contributed by atoms with Crippen molar-refractivity contribution in [2.24, 2.45) is 0 Å². The van der Waals surface area contributed by atoms with Crippen molar-refractivity contribution in [1.29, 1.82) is 0 Å². The van der Waals surface area contributed by atoms with Crippen LogP contribution < -0.4 is 0 Å². The van der Waals surface area contributed by atoms with Crippen LogP contribution >= 0.6 is 10.9 Å². The van der Waals surface area contributed by atoms with Gasteiger partial charge in [0, 0.05) is 5.75 Å². The molecule has 2 rings (SSSR count). The minimum Gasteiger partial charge on any atom is -0.478 e. The fourth-order valence-electron chi connectivity index (χ4n) is 2.88. The average Bonchev–Trinajstić information content (AvgIpc) is 2.91. The average molecular weight is 320 g/mol. The molecular weight excluding hydrogens is 300 g/mol. The summed E-state index contributed by atoms with van der Waals surface area (Å²) in [5.41, 5.74) is 2.17. The van der Waals surface area contributed by atoms with E-state index < -0.39 is 22.8 Å². The van der Waals surface area contributed by atoms with Crippen molar-refractivity contribution in [2.45, 2.75) is 32.4 Å². The zero-order chi connectivity index (χ0) is 16.4. The highest BCUT2D eigenvalue weighted by Crippen LogP contribution is 2.40. The van der Waals surface area contributed by atoms with Crippen LogP contribution in [0.25, 0.3) is 0 Å². The smallest absolute Gasteiger partial charge is 0.336 e. The van der Waals surface area contributed by atoms with Crippen LogP contribution in [-0.4, -0.2) is 22.2 Å². The Kier molecular flexibility index (Phi) is 4.76. The maximum absolute atomic E-state index is 11.8. The molecule has 0 aromatic heterocycles. The van der Waals surface area contributed by atoms with E-state index in [1.165, 1.54) is 0 Å². The first-order valence-corrected chi connectivity index (χ1v) is 8.73. The molecule has 0 aliphatic carbocycles. The van der Waals surface area contributed by atoms with E-state index >= 15 is 0 Å². The molecule has 1 aromatic rings. The molecule has 0 unspecified atom stereocenters. The van der Waals surface area contributed by atoms with Gasteiger partial charge in [0.1, 0.15) is 0 Å². The Morgan fingerprint density at radius 3 is 2.18 bits per heavy atom. The molecular formula is C17H20O4S. The monoisotopic (exact) mass is 320 g/mol. The van der Waals surface area contributed by atoms with Crippen LogP contribution in [0.4, 0.5) is 0 Å². The molecule has 2 N–H and O–H groups in total. The van der Waals surface area contributed by atoms with Gasteiger partial charge in [-0.2, -0.15) is 0 Å². The van der Waals surface area contributed by atoms with Crippen LogP contribution in [0.2, 0.25) is 0 Å². The maximum Gasteiger partial charge on any atom is 0.336 e. The lowest BCUT2D eigenvalue weighted by molar-refractivity contribution is 0.0694. The Balaban J connectivity index is 2.71. The van der Waals surface area contributed by atoms with Gasteiger partial charge in [0.15, 0.2) is 0 Å². The van der Waals surface area contributed by atoms with Crippen molar-refractivity contribution >= 4 is 22.8 Å². The molecule has 0 fully saturated rings. The summed E-state index contributed by atoms with van der Waals surface area (Å²) in [5, 5.41) is 23.2. The number of carboxylic acid groups (broad SMARTS) is 2. The number of thiol groups is 1. The zero-order valence-corrected chi connectivity index (χ0v) is 13.7. The van der Waals surface area contributed by atoms with Crippen molar-refractivity contribution in [3.63, 3.8) is 0 Å². The second kappa shape index (κ2) is 6.40. The molecule has 4 nitrogen and oxygen atoms in total. The quantitative estimate of drug-likeness (QED) is 0.715. The summed E-state index contributed by atoms with van der Waals surface area (Å²) in [6, 6.07) is 1.61. The van der Waals surface area contributed by atoms with E-state index in [-0.39, 0.29) is 17.0 Å². The summed E-state index contributed by atoms with van der Waals surface area (Å²) in [4.78, 5) is 23.4. The van der Waals surface area contributed by atoms with Crippen LogP contribution in [0, 0.1) is 6.92 Å². The third-order valence-corrected chi connectivity index (χ3v) is 5.50. The molecule has 0 amide bonds. The Labute approximate surface area is 132 Å². The second-order valence-corrected chi connectivity index (χ2v) is 7.57. The maximum atomic E-state index is 11.8. The van der Waals surface area contributed by atoms with E-state index in [2.05, 4.69) is 0 Å². The van der Waals surface area contributed by atoms with Crippen LogP contribution in [0.1, 0.15) is 57.2 Å². The molecule has 0 radical (unpaired) electrons. The lowest BCUT2D eigenvalue weighted by Crippen LogP contribution is -2.15. The summed E-state index contributed by atoms with van der Waals surface area (Å²) < 4.78 is 0. The van der Waals surface area contributed by atoms with E-state index in [4.69, 9.17) is 0 Å². The van der Waals surface area contributed by atoms with Gasteiger partial charge < -0.3 is 10.2 Å². The summed E-state index contributed by atoms with van der Waals surface area (Å²) >= 11 is 0. The van der Waals surface area contributed by atoms with Crippen molar-refractivity contribution in [1.82, 2.24) is 0 Å². The van der Waals surface area contributed by atoms with Gasteiger partial charge >= 0.3 is 11.9 Å². The zero-order valence-electron chi connectivity index (χ0n) is 12.8. The van der Waals surface area contributed by atoms with Gasteiger partial charge in [0.25, 0.3) is 0 Å². The molecule has 1 aliphatic rings. The summed E-state index contributed by atoms with van der Waals surface area (Å²) in [5.74, 6) is -1.65. The molecule has 0 saturated carbocycles. The van der Waals surface area contributed by atoms with Gasteiger partial charge in [0.2, 0.25) is 0 Å². The topological polar surface area (TPSA) is 74.6 Å². The lowest BCUT2D eigenvalue weighted by Gasteiger charge is -2.21. The number of hydrogen-bond acceptors (Lipinski definition) is 2. The van der Waals surface area contributed by atoms with Crippen molar-refractivity contribution < 1.29 is 19.8 Å². The number of benzene rings is 1. The molecule has 0 atom stereocenters. The fraction of sp³-hybridized carbons (Fsp3) is 0.294. The lowest BCUT2D eigenvalue weighted by atomic mass is 9.87.